The number of alkyl halides is 28. The zero-order chi connectivity index (χ0) is 53.6. The summed E-state index contributed by atoms with van der Waals surface area (Å²) in [5.41, 5.74) is -41.5. The van der Waals surface area contributed by atoms with E-state index in [4.69, 9.17) is 15.3 Å². The first-order valence-electron chi connectivity index (χ1n) is 14.0. The molecule has 0 aromatic heterocycles. The summed E-state index contributed by atoms with van der Waals surface area (Å²) in [6.45, 7) is 6.90. The Hall–Kier alpha value is -4.66. The van der Waals surface area contributed by atoms with Crippen molar-refractivity contribution in [1.29, 1.82) is 0 Å². The van der Waals surface area contributed by atoms with Crippen LogP contribution in [0.2, 0.25) is 0 Å². The van der Waals surface area contributed by atoms with Crippen molar-refractivity contribution in [2.75, 3.05) is 0 Å². The van der Waals surface area contributed by atoms with Crippen LogP contribution >= 0.6 is 0 Å². The van der Waals surface area contributed by atoms with E-state index in [1.807, 2.05) is 0 Å². The lowest BCUT2D eigenvalue weighted by Gasteiger charge is -2.79. The van der Waals surface area contributed by atoms with Crippen LogP contribution in [0.3, 0.4) is 0 Å². The van der Waals surface area contributed by atoms with Crippen molar-refractivity contribution in [3.05, 3.63) is 36.5 Å². The van der Waals surface area contributed by atoms with Crippen molar-refractivity contribution in [3.63, 3.8) is 0 Å². The topological polar surface area (TPSA) is 140 Å². The van der Waals surface area contributed by atoms with Gasteiger partial charge in [0, 0.05) is 0 Å². The first-order valence-corrected chi connectivity index (χ1v) is 14.0. The molecule has 4 fully saturated rings. The Kier molecular flexibility index (Phi) is 14.9. The number of carboxylic acids is 3. The number of carbonyl (C=O) groups is 3. The highest BCUT2D eigenvalue weighted by Gasteiger charge is 3.28. The van der Waals surface area contributed by atoms with Crippen LogP contribution in [0.15, 0.2) is 36.5 Å². The Balaban J connectivity index is 0.00000122. The van der Waals surface area contributed by atoms with Gasteiger partial charge in [-0.1, -0.05) is 19.7 Å². The third-order valence-corrected chi connectivity index (χ3v) is 8.94. The van der Waals surface area contributed by atoms with Gasteiger partial charge in [-0.25, -0.2) is 71.5 Å². The minimum absolute atomic E-state index is 0.928. The zero-order valence-electron chi connectivity index (χ0n) is 28.6. The molecular weight excluding hydrogens is 1030 g/mol. The largest absolute Gasteiger partial charge is 0.478 e. The average molecular weight is 1040 g/mol. The highest BCUT2D eigenvalue weighted by atomic mass is 19.4. The fourth-order valence-corrected chi connectivity index (χ4v) is 6.17. The molecular formula is C25H9F31O9. The van der Waals surface area contributed by atoms with Gasteiger partial charge >= 0.3 is 78.2 Å². The van der Waals surface area contributed by atoms with Crippen molar-refractivity contribution in [2.45, 2.75) is 78.1 Å². The summed E-state index contributed by atoms with van der Waals surface area (Å²) >= 11 is 0. The van der Waals surface area contributed by atoms with Gasteiger partial charge in [-0.05, 0) is 13.6 Å². The molecule has 0 radical (unpaired) electrons. The summed E-state index contributed by atoms with van der Waals surface area (Å²) < 4.78 is 418. The Morgan fingerprint density at radius 3 is 0.554 bits per heavy atom. The number of halogens is 31. The minimum atomic E-state index is -9.23. The van der Waals surface area contributed by atoms with Crippen molar-refractivity contribution in [1.82, 2.24) is 0 Å². The molecule has 4 rings (SSSR count). The number of aliphatic carboxylic acids is 3. The standard InChI is InChI=1S/C13F22O3.3C4H3F3O2/c14-4-8(21,22)1(11(27,28)36-33)5(15,16)2(9(4,23)24,12(29,30)37-34)7(19,20)3(6(1,17)18,10(4,25)26)13(31,32)38-35;3*1-2(3(8)9)4(5,6)7/h;3*1H2,(H,8,9). The molecule has 0 amide bonds. The molecule has 380 valence electrons. The van der Waals surface area contributed by atoms with Gasteiger partial charge < -0.3 is 15.3 Å². The second-order valence-corrected chi connectivity index (χ2v) is 12.0. The number of rotatable bonds is 9. The first-order chi connectivity index (χ1) is 28.0. The molecule has 65 heavy (non-hydrogen) atoms. The summed E-state index contributed by atoms with van der Waals surface area (Å²) in [6.07, 6.45) is -40.0. The second-order valence-electron chi connectivity index (χ2n) is 12.0. The quantitative estimate of drug-likeness (QED) is 0.152. The first kappa shape index (κ1) is 60.3. The molecule has 4 bridgehead atoms. The van der Waals surface area contributed by atoms with Gasteiger partial charge in [-0.15, -0.1) is 14.8 Å². The molecule has 40 heteroatoms. The van der Waals surface area contributed by atoms with Crippen LogP contribution < -0.4 is 0 Å². The highest BCUT2D eigenvalue weighted by Crippen LogP contribution is 2.98. The van der Waals surface area contributed by atoms with Crippen molar-refractivity contribution >= 4 is 17.9 Å². The van der Waals surface area contributed by atoms with Crippen molar-refractivity contribution in [2.24, 2.45) is 16.2 Å². The number of hydrogen-bond donors (Lipinski definition) is 3. The summed E-state index contributed by atoms with van der Waals surface area (Å²) in [4.78, 5) is 31.4. The van der Waals surface area contributed by atoms with Crippen molar-refractivity contribution in [3.8, 4) is 0 Å². The fraction of sp³-hybridized carbons (Fsp3) is 0.640. The molecule has 0 atom stereocenters. The van der Waals surface area contributed by atoms with E-state index in [0.717, 1.165) is 14.8 Å². The van der Waals surface area contributed by atoms with E-state index in [2.05, 4.69) is 19.7 Å². The maximum atomic E-state index is 15.2. The van der Waals surface area contributed by atoms with Gasteiger partial charge in [0.15, 0.2) is 0 Å². The fourth-order valence-electron chi connectivity index (χ4n) is 6.17. The summed E-state index contributed by atoms with van der Waals surface area (Å²) in [5, 5.41) is 23.1. The lowest BCUT2D eigenvalue weighted by atomic mass is 9.28. The lowest BCUT2D eigenvalue weighted by Crippen LogP contribution is -3.09. The second kappa shape index (κ2) is 16.0. The summed E-state index contributed by atoms with van der Waals surface area (Å²) in [7, 11) is 0. The van der Waals surface area contributed by atoms with Gasteiger partial charge in [-0.3, -0.25) is 0 Å². The molecule has 4 aliphatic rings. The van der Waals surface area contributed by atoms with Gasteiger partial charge in [0.25, 0.3) is 34.0 Å². The average Bonchev–Trinajstić information content (AvgIpc) is 3.07. The maximum absolute atomic E-state index is 15.2. The van der Waals surface area contributed by atoms with Crippen molar-refractivity contribution < 1.29 is 181 Å². The Morgan fingerprint density at radius 1 is 0.338 bits per heavy atom. The van der Waals surface area contributed by atoms with Crippen LogP contribution in [-0.2, 0) is 29.2 Å². The predicted molar refractivity (Wildman–Crippen MR) is 131 cm³/mol. The molecule has 0 unspecified atom stereocenters. The van der Waals surface area contributed by atoms with Crippen LogP contribution in [0.1, 0.15) is 0 Å². The van der Waals surface area contributed by atoms with E-state index in [9.17, 15) is 120 Å². The van der Waals surface area contributed by atoms with Crippen LogP contribution in [0.25, 0.3) is 0 Å². The minimum Gasteiger partial charge on any atom is -0.478 e. The third-order valence-electron chi connectivity index (χ3n) is 8.94. The molecule has 9 nitrogen and oxygen atoms in total. The molecule has 0 aliphatic heterocycles. The zero-order valence-corrected chi connectivity index (χ0v) is 28.6. The van der Waals surface area contributed by atoms with Gasteiger partial charge in [0.05, 0.1) is 0 Å². The molecule has 0 spiro atoms. The molecule has 4 aliphatic carbocycles. The predicted octanol–water partition coefficient (Wildman–Crippen LogP) is 10.6. The van der Waals surface area contributed by atoms with E-state index >= 15 is 30.7 Å². The third kappa shape index (κ3) is 6.80. The summed E-state index contributed by atoms with van der Waals surface area (Å²) in [5.74, 6) is -60.9. The van der Waals surface area contributed by atoms with Gasteiger partial charge in [0.1, 0.15) is 16.7 Å². The number of hydrogen-bond acceptors (Lipinski definition) is 6. The van der Waals surface area contributed by atoms with Crippen LogP contribution in [0, 0.1) is 16.2 Å². The van der Waals surface area contributed by atoms with E-state index in [-0.39, 0.29) is 0 Å². The Bertz CT molecular complexity index is 1680. The molecule has 0 aromatic carbocycles. The van der Waals surface area contributed by atoms with Crippen LogP contribution in [0.5, 0.6) is 0 Å². The highest BCUT2D eigenvalue weighted by molar-refractivity contribution is 5.88. The Labute approximate surface area is 330 Å². The van der Waals surface area contributed by atoms with Gasteiger partial charge in [-0.2, -0.15) is 65.9 Å². The molecule has 3 N–H and O–H groups in total. The smallest absolute Gasteiger partial charge is 0.422 e. The van der Waals surface area contributed by atoms with E-state index < -0.39 is 129 Å². The molecule has 0 aromatic rings. The molecule has 0 saturated heterocycles. The Morgan fingerprint density at radius 2 is 0.477 bits per heavy atom. The van der Waals surface area contributed by atoms with Crippen LogP contribution in [0.4, 0.5) is 137 Å². The number of carboxylic acid groups (broad SMARTS) is 3. The normalized spacial score (nSPS) is 29.0. The van der Waals surface area contributed by atoms with E-state index in [1.165, 1.54) is 0 Å². The maximum Gasteiger partial charge on any atom is 0.422 e. The summed E-state index contributed by atoms with van der Waals surface area (Å²) in [6, 6.07) is 0. The van der Waals surface area contributed by atoms with Gasteiger partial charge in [0.2, 0.25) is 0 Å². The SMILES string of the molecule is C=C(C(=O)O)C(F)(F)F.C=C(C(=O)O)C(F)(F)F.C=C(C(=O)O)C(F)(F)F.FOC(F)(F)C12C(F)(F)C3(F)C(F)(F)C(C(F)(F)OF)(C1(F)F)C(F)(F)C(C(F)(F)OF)(C3(F)F)C2(F)F. The van der Waals surface area contributed by atoms with E-state index in [0.29, 0.717) is 0 Å². The molecule has 0 heterocycles. The monoisotopic (exact) mass is 1040 g/mol. The van der Waals surface area contributed by atoms with Crippen LogP contribution in [-0.4, -0.2) is 111 Å². The lowest BCUT2D eigenvalue weighted by molar-refractivity contribution is -0.703. The van der Waals surface area contributed by atoms with E-state index in [1.54, 1.807) is 0 Å². The molecule has 4 saturated carbocycles.